The van der Waals surface area contributed by atoms with Gasteiger partial charge in [-0.15, -0.1) is 0 Å². The molecule has 9 heteroatoms. The van der Waals surface area contributed by atoms with E-state index in [1.807, 2.05) is 23.2 Å². The summed E-state index contributed by atoms with van der Waals surface area (Å²) in [4.78, 5) is 34.2. The Balaban J connectivity index is 1.23. The molecular weight excluding hydrogens is 474 g/mol. The average Bonchev–Trinajstić information content (AvgIpc) is 3.44. The molecule has 0 saturated carbocycles. The number of piperazine rings is 1. The number of piperidine rings is 1. The van der Waals surface area contributed by atoms with Gasteiger partial charge in [-0.3, -0.25) is 14.7 Å². The third kappa shape index (κ3) is 5.06. The standard InChI is InChI=1S/C27H36ClN7O/c1-4-22-17-34(26-19(3)32-24(15-31-26)25-29-11-12-30-25)18(2)16-35(22)23-9-13-33(14-10-23)27(36)20-5-7-21(28)8-6-20/h5-8,15,18,22-23H,4,9-14,16-17H2,1-3H3,(H,29,30)/t18-,22+/m1/s1. The van der Waals surface area contributed by atoms with Gasteiger partial charge in [-0.1, -0.05) is 18.5 Å². The molecule has 2 saturated heterocycles. The zero-order chi connectivity index (χ0) is 25.2. The minimum atomic E-state index is 0.103. The summed E-state index contributed by atoms with van der Waals surface area (Å²) in [6, 6.07) is 8.49. The lowest BCUT2D eigenvalue weighted by atomic mass is 9.96. The monoisotopic (exact) mass is 509 g/mol. The van der Waals surface area contributed by atoms with Crippen molar-refractivity contribution in [2.24, 2.45) is 4.99 Å². The van der Waals surface area contributed by atoms with Gasteiger partial charge in [-0.2, -0.15) is 0 Å². The van der Waals surface area contributed by atoms with E-state index < -0.39 is 0 Å². The molecule has 2 atom stereocenters. The lowest BCUT2D eigenvalue weighted by Gasteiger charge is -2.50. The van der Waals surface area contributed by atoms with Gasteiger partial charge in [0.2, 0.25) is 0 Å². The maximum Gasteiger partial charge on any atom is 0.253 e. The van der Waals surface area contributed by atoms with E-state index in [1.165, 1.54) is 0 Å². The molecule has 8 nitrogen and oxygen atoms in total. The van der Waals surface area contributed by atoms with Crippen LogP contribution in [0, 0.1) is 6.92 Å². The second kappa shape index (κ2) is 10.7. The van der Waals surface area contributed by atoms with E-state index in [-0.39, 0.29) is 5.91 Å². The topological polar surface area (TPSA) is 77.0 Å². The number of benzene rings is 1. The van der Waals surface area contributed by atoms with Crippen LogP contribution in [-0.2, 0) is 0 Å². The van der Waals surface area contributed by atoms with Crippen LogP contribution in [0.1, 0.15) is 54.9 Å². The summed E-state index contributed by atoms with van der Waals surface area (Å²) >= 11 is 5.99. The van der Waals surface area contributed by atoms with E-state index in [2.05, 4.69) is 40.9 Å². The van der Waals surface area contributed by atoms with Crippen molar-refractivity contribution >= 4 is 29.2 Å². The number of halogens is 1. The number of carbonyl (C=O) groups excluding carboxylic acids is 1. The van der Waals surface area contributed by atoms with Crippen LogP contribution in [0.5, 0.6) is 0 Å². The number of carbonyl (C=O) groups is 1. The zero-order valence-electron chi connectivity index (χ0n) is 21.5. The predicted octanol–water partition coefficient (Wildman–Crippen LogP) is 3.38. The van der Waals surface area contributed by atoms with Crippen molar-refractivity contribution in [3.8, 4) is 0 Å². The number of anilines is 1. The highest BCUT2D eigenvalue weighted by atomic mass is 35.5. The largest absolute Gasteiger partial charge is 0.367 e. The molecule has 0 unspecified atom stereocenters. The van der Waals surface area contributed by atoms with Crippen molar-refractivity contribution in [1.29, 1.82) is 0 Å². The fourth-order valence-corrected chi connectivity index (χ4v) is 5.91. The fraction of sp³-hybridized carbons (Fsp3) is 0.556. The SMILES string of the molecule is CC[C@H]1CN(c2ncc(C3=NCCN3)nc2C)[C@H](C)CN1C1CCN(C(=O)c2ccc(Cl)cc2)CC1. The second-order valence-electron chi connectivity index (χ2n) is 10.1. The van der Waals surface area contributed by atoms with Crippen LogP contribution in [0.15, 0.2) is 35.5 Å². The first-order valence-electron chi connectivity index (χ1n) is 13.1. The Hall–Kier alpha value is -2.71. The van der Waals surface area contributed by atoms with Crippen LogP contribution >= 0.6 is 11.6 Å². The van der Waals surface area contributed by atoms with E-state index in [0.29, 0.717) is 28.7 Å². The number of rotatable bonds is 5. The smallest absolute Gasteiger partial charge is 0.253 e. The lowest BCUT2D eigenvalue weighted by Crippen LogP contribution is -2.62. The van der Waals surface area contributed by atoms with Crippen LogP contribution in [0.3, 0.4) is 0 Å². The van der Waals surface area contributed by atoms with Crippen LogP contribution in [-0.4, -0.2) is 88.9 Å². The summed E-state index contributed by atoms with van der Waals surface area (Å²) in [6.07, 6.45) is 4.95. The molecule has 0 radical (unpaired) electrons. The van der Waals surface area contributed by atoms with Gasteiger partial charge in [0.15, 0.2) is 0 Å². The van der Waals surface area contributed by atoms with Gasteiger partial charge in [-0.25, -0.2) is 9.97 Å². The maximum absolute atomic E-state index is 12.9. The van der Waals surface area contributed by atoms with Crippen molar-refractivity contribution < 1.29 is 4.79 Å². The quantitative estimate of drug-likeness (QED) is 0.666. The summed E-state index contributed by atoms with van der Waals surface area (Å²) in [7, 11) is 0. The van der Waals surface area contributed by atoms with Gasteiger partial charge in [0.1, 0.15) is 17.3 Å². The van der Waals surface area contributed by atoms with Crippen LogP contribution in [0.2, 0.25) is 5.02 Å². The minimum absolute atomic E-state index is 0.103. The molecule has 0 aliphatic carbocycles. The molecule has 3 aliphatic rings. The van der Waals surface area contributed by atoms with Gasteiger partial charge >= 0.3 is 0 Å². The molecule has 0 bridgehead atoms. The van der Waals surface area contributed by atoms with E-state index in [0.717, 1.165) is 81.6 Å². The normalized spacial score (nSPS) is 23.5. The van der Waals surface area contributed by atoms with Gasteiger partial charge in [0, 0.05) is 61.4 Å². The van der Waals surface area contributed by atoms with Gasteiger partial charge in [0.25, 0.3) is 5.91 Å². The molecule has 1 N–H and O–H groups in total. The summed E-state index contributed by atoms with van der Waals surface area (Å²) in [5, 5.41) is 3.94. The second-order valence-corrected chi connectivity index (χ2v) is 10.5. The molecule has 36 heavy (non-hydrogen) atoms. The van der Waals surface area contributed by atoms with Crippen molar-refractivity contribution in [3.05, 3.63) is 52.4 Å². The van der Waals surface area contributed by atoms with Gasteiger partial charge in [0.05, 0.1) is 18.4 Å². The van der Waals surface area contributed by atoms with Crippen molar-refractivity contribution in [2.75, 3.05) is 44.2 Å². The highest BCUT2D eigenvalue weighted by Crippen LogP contribution is 2.29. The first-order chi connectivity index (χ1) is 17.4. The van der Waals surface area contributed by atoms with E-state index in [1.54, 1.807) is 12.1 Å². The number of aryl methyl sites for hydroxylation is 1. The summed E-state index contributed by atoms with van der Waals surface area (Å²) in [5.41, 5.74) is 2.49. The third-order valence-electron chi connectivity index (χ3n) is 7.78. The van der Waals surface area contributed by atoms with Crippen LogP contribution in [0.25, 0.3) is 0 Å². The van der Waals surface area contributed by atoms with E-state index >= 15 is 0 Å². The van der Waals surface area contributed by atoms with Crippen molar-refractivity contribution in [3.63, 3.8) is 0 Å². The average molecular weight is 510 g/mol. The fourth-order valence-electron chi connectivity index (χ4n) is 5.79. The molecule has 0 spiro atoms. The molecule has 1 amide bonds. The Morgan fingerprint density at radius 2 is 1.92 bits per heavy atom. The van der Waals surface area contributed by atoms with Crippen molar-refractivity contribution in [1.82, 2.24) is 25.1 Å². The lowest BCUT2D eigenvalue weighted by molar-refractivity contribution is 0.0434. The zero-order valence-corrected chi connectivity index (χ0v) is 22.2. The number of nitrogens with one attached hydrogen (secondary N) is 1. The molecule has 4 heterocycles. The number of amidine groups is 1. The molecule has 1 aromatic heterocycles. The molecule has 2 aromatic rings. The van der Waals surface area contributed by atoms with Crippen molar-refractivity contribution in [2.45, 2.75) is 58.2 Å². The predicted molar refractivity (Wildman–Crippen MR) is 144 cm³/mol. The molecular formula is C27H36ClN7O. The van der Waals surface area contributed by atoms with E-state index in [4.69, 9.17) is 21.6 Å². The summed E-state index contributed by atoms with van der Waals surface area (Å²) in [6.45, 7) is 11.8. The van der Waals surface area contributed by atoms with E-state index in [9.17, 15) is 4.79 Å². The number of aliphatic imine (C=N–C) groups is 1. The number of hydrogen-bond acceptors (Lipinski definition) is 7. The summed E-state index contributed by atoms with van der Waals surface area (Å²) in [5.74, 6) is 1.93. The maximum atomic E-state index is 12.9. The Labute approximate surface area is 218 Å². The highest BCUT2D eigenvalue weighted by Gasteiger charge is 2.37. The molecule has 2 fully saturated rings. The van der Waals surface area contributed by atoms with Crippen LogP contribution < -0.4 is 10.2 Å². The molecule has 1 aromatic carbocycles. The number of likely N-dealkylation sites (tertiary alicyclic amines) is 1. The third-order valence-corrected chi connectivity index (χ3v) is 8.03. The Kier molecular flexibility index (Phi) is 7.44. The Morgan fingerprint density at radius 3 is 2.56 bits per heavy atom. The number of amides is 1. The Morgan fingerprint density at radius 1 is 1.17 bits per heavy atom. The van der Waals surface area contributed by atoms with Gasteiger partial charge < -0.3 is 15.1 Å². The first-order valence-corrected chi connectivity index (χ1v) is 13.5. The first kappa shape index (κ1) is 25.0. The molecule has 5 rings (SSSR count). The molecule has 3 aliphatic heterocycles. The van der Waals surface area contributed by atoms with Crippen LogP contribution in [0.4, 0.5) is 5.82 Å². The number of aromatic nitrogens is 2. The summed E-state index contributed by atoms with van der Waals surface area (Å²) < 4.78 is 0. The minimum Gasteiger partial charge on any atom is -0.367 e. The molecule has 192 valence electrons. The highest BCUT2D eigenvalue weighted by molar-refractivity contribution is 6.30. The number of hydrogen-bond donors (Lipinski definition) is 1. The Bertz CT molecular complexity index is 1110. The van der Waals surface area contributed by atoms with Gasteiger partial charge in [-0.05, 0) is 57.4 Å². The number of nitrogens with zero attached hydrogens (tertiary/aromatic N) is 6.